The van der Waals surface area contributed by atoms with Crippen molar-refractivity contribution in [3.05, 3.63) is 193 Å². The maximum absolute atomic E-state index is 5.00. The molecule has 258 valence electrons. The Kier molecular flexibility index (Phi) is 8.10. The van der Waals surface area contributed by atoms with Gasteiger partial charge in [-0.15, -0.1) is 0 Å². The van der Waals surface area contributed by atoms with Crippen LogP contribution in [0.4, 0.5) is 0 Å². The van der Waals surface area contributed by atoms with Crippen LogP contribution >= 0.6 is 0 Å². The zero-order chi connectivity index (χ0) is 35.9. The number of benzene rings is 7. The topological polar surface area (TPSA) is 25.8 Å². The Morgan fingerprint density at radius 1 is 0.315 bits per heavy atom. The SMILES string of the molecule is c1ccc(-c2cc(-c3ccc(-c4ccc(-c5ccc(-c6ccc7c(c6)-c6ccccc6C76CCCCC6)cc5)cc4)cc3)nc(-c3ccccc3)n2)cc1. The fraction of sp³-hybridized carbons (Fsp3) is 0.115. The van der Waals surface area contributed by atoms with Gasteiger partial charge in [0, 0.05) is 22.1 Å². The molecular weight excluding hydrogens is 653 g/mol. The van der Waals surface area contributed by atoms with Crippen molar-refractivity contribution in [3.63, 3.8) is 0 Å². The van der Waals surface area contributed by atoms with E-state index in [9.17, 15) is 0 Å². The van der Waals surface area contributed by atoms with Crippen molar-refractivity contribution in [2.45, 2.75) is 37.5 Å². The average molecular weight is 693 g/mol. The molecule has 0 amide bonds. The predicted molar refractivity (Wildman–Crippen MR) is 224 cm³/mol. The largest absolute Gasteiger partial charge is 0.228 e. The molecule has 10 rings (SSSR count). The molecule has 0 N–H and O–H groups in total. The fourth-order valence-corrected chi connectivity index (χ4v) is 8.95. The van der Waals surface area contributed by atoms with Gasteiger partial charge in [-0.2, -0.15) is 0 Å². The molecule has 2 aliphatic rings. The highest BCUT2D eigenvalue weighted by Gasteiger charge is 2.43. The van der Waals surface area contributed by atoms with E-state index in [-0.39, 0.29) is 5.41 Å². The minimum atomic E-state index is 0.205. The molecule has 0 aliphatic heterocycles. The number of nitrogens with zero attached hydrogens (tertiary/aromatic N) is 2. The Labute approximate surface area is 317 Å². The summed E-state index contributed by atoms with van der Waals surface area (Å²) in [6.45, 7) is 0. The quantitative estimate of drug-likeness (QED) is 0.173. The third-order valence-electron chi connectivity index (χ3n) is 11.8. The first-order valence-electron chi connectivity index (χ1n) is 19.3. The van der Waals surface area contributed by atoms with Crippen molar-refractivity contribution in [1.29, 1.82) is 0 Å². The first-order chi connectivity index (χ1) is 26.7. The lowest BCUT2D eigenvalue weighted by atomic mass is 9.68. The Morgan fingerprint density at radius 3 is 1.31 bits per heavy atom. The van der Waals surface area contributed by atoms with E-state index in [0.29, 0.717) is 0 Å². The lowest BCUT2D eigenvalue weighted by molar-refractivity contribution is 0.353. The zero-order valence-electron chi connectivity index (χ0n) is 30.3. The van der Waals surface area contributed by atoms with E-state index in [1.807, 2.05) is 36.4 Å². The summed E-state index contributed by atoms with van der Waals surface area (Å²) in [5.41, 5.74) is 18.5. The highest BCUT2D eigenvalue weighted by atomic mass is 14.9. The van der Waals surface area contributed by atoms with Gasteiger partial charge in [0.1, 0.15) is 0 Å². The van der Waals surface area contributed by atoms with Crippen LogP contribution < -0.4 is 0 Å². The molecule has 0 radical (unpaired) electrons. The minimum absolute atomic E-state index is 0.205. The second-order valence-electron chi connectivity index (χ2n) is 14.9. The summed E-state index contributed by atoms with van der Waals surface area (Å²) in [5.74, 6) is 0.727. The van der Waals surface area contributed by atoms with Gasteiger partial charge < -0.3 is 0 Å². The molecule has 1 aromatic heterocycles. The first kappa shape index (κ1) is 32.3. The summed E-state index contributed by atoms with van der Waals surface area (Å²) >= 11 is 0. The van der Waals surface area contributed by atoms with Crippen LogP contribution in [0.1, 0.15) is 43.2 Å². The van der Waals surface area contributed by atoms with Gasteiger partial charge in [-0.1, -0.05) is 189 Å². The van der Waals surface area contributed by atoms with E-state index in [1.165, 1.54) is 76.6 Å². The number of hydrogen-bond donors (Lipinski definition) is 0. The van der Waals surface area contributed by atoms with Crippen molar-refractivity contribution >= 4 is 0 Å². The van der Waals surface area contributed by atoms with E-state index >= 15 is 0 Å². The minimum Gasteiger partial charge on any atom is -0.228 e. The normalized spacial score (nSPS) is 14.1. The van der Waals surface area contributed by atoms with Crippen LogP contribution in [0.25, 0.3) is 78.4 Å². The molecule has 7 aromatic carbocycles. The van der Waals surface area contributed by atoms with Crippen molar-refractivity contribution < 1.29 is 0 Å². The highest BCUT2D eigenvalue weighted by molar-refractivity contribution is 5.85. The van der Waals surface area contributed by atoms with Crippen LogP contribution in [0.15, 0.2) is 182 Å². The molecule has 54 heavy (non-hydrogen) atoms. The molecule has 2 nitrogen and oxygen atoms in total. The first-order valence-corrected chi connectivity index (χ1v) is 19.3. The van der Waals surface area contributed by atoms with E-state index in [4.69, 9.17) is 9.97 Å². The van der Waals surface area contributed by atoms with Gasteiger partial charge in [-0.05, 0) is 80.6 Å². The number of rotatable bonds is 6. The Hall–Kier alpha value is -6.38. The van der Waals surface area contributed by atoms with Crippen molar-refractivity contribution in [2.75, 3.05) is 0 Å². The lowest BCUT2D eigenvalue weighted by Crippen LogP contribution is -2.27. The Morgan fingerprint density at radius 2 is 0.741 bits per heavy atom. The van der Waals surface area contributed by atoms with Gasteiger partial charge in [0.15, 0.2) is 5.82 Å². The van der Waals surface area contributed by atoms with E-state index in [2.05, 4.69) is 146 Å². The number of hydrogen-bond acceptors (Lipinski definition) is 2. The number of aromatic nitrogens is 2. The average Bonchev–Trinajstić information content (AvgIpc) is 3.52. The second-order valence-corrected chi connectivity index (χ2v) is 14.9. The maximum atomic E-state index is 5.00. The van der Waals surface area contributed by atoms with Crippen LogP contribution in [-0.4, -0.2) is 9.97 Å². The van der Waals surface area contributed by atoms with E-state index in [0.717, 1.165) is 33.9 Å². The van der Waals surface area contributed by atoms with Crippen LogP contribution in [0.3, 0.4) is 0 Å². The molecule has 1 spiro atoms. The summed E-state index contributed by atoms with van der Waals surface area (Å²) < 4.78 is 0. The molecule has 1 saturated carbocycles. The third-order valence-corrected chi connectivity index (χ3v) is 11.8. The molecule has 0 unspecified atom stereocenters. The molecule has 2 heteroatoms. The van der Waals surface area contributed by atoms with Crippen LogP contribution in [-0.2, 0) is 5.41 Å². The second kappa shape index (κ2) is 13.5. The van der Waals surface area contributed by atoms with Gasteiger partial charge in [-0.25, -0.2) is 9.97 Å². The monoisotopic (exact) mass is 692 g/mol. The molecule has 1 heterocycles. The summed E-state index contributed by atoms with van der Waals surface area (Å²) in [4.78, 5) is 9.95. The van der Waals surface area contributed by atoms with Crippen LogP contribution in [0.5, 0.6) is 0 Å². The molecule has 0 atom stereocenters. The van der Waals surface area contributed by atoms with Gasteiger partial charge in [-0.3, -0.25) is 0 Å². The summed E-state index contributed by atoms with van der Waals surface area (Å²) in [6, 6.07) is 65.7. The Bertz CT molecular complexity index is 2520. The van der Waals surface area contributed by atoms with Crippen LogP contribution in [0.2, 0.25) is 0 Å². The maximum Gasteiger partial charge on any atom is 0.160 e. The molecule has 2 aliphatic carbocycles. The molecular formula is C52H40N2. The lowest BCUT2D eigenvalue weighted by Gasteiger charge is -2.36. The predicted octanol–water partition coefficient (Wildman–Crippen LogP) is 13.7. The number of fused-ring (bicyclic) bond motifs is 5. The molecule has 0 bridgehead atoms. The van der Waals surface area contributed by atoms with Gasteiger partial charge in [0.05, 0.1) is 11.4 Å². The fourth-order valence-electron chi connectivity index (χ4n) is 8.95. The summed E-state index contributed by atoms with van der Waals surface area (Å²) in [5, 5.41) is 0. The Balaban J connectivity index is 0.891. The third kappa shape index (κ3) is 5.76. The summed E-state index contributed by atoms with van der Waals surface area (Å²) in [6.07, 6.45) is 6.54. The van der Waals surface area contributed by atoms with E-state index in [1.54, 1.807) is 11.1 Å². The standard InChI is InChI=1S/C52H40N2/c1-4-12-41(13-5-1)49-35-50(54-51(53-49)43-14-6-2-7-15-43)42-28-26-39(27-29-42)37-20-18-36(19-21-37)38-22-24-40(25-23-38)44-30-31-48-46(34-44)45-16-8-9-17-47(45)52(48)32-10-3-11-33-52/h1-2,4-9,12-31,34-35H,3,10-11,32-33H2. The zero-order valence-corrected chi connectivity index (χ0v) is 30.3. The van der Waals surface area contributed by atoms with Gasteiger partial charge >= 0.3 is 0 Å². The van der Waals surface area contributed by atoms with Crippen LogP contribution in [0, 0.1) is 0 Å². The van der Waals surface area contributed by atoms with Crippen molar-refractivity contribution in [1.82, 2.24) is 9.97 Å². The van der Waals surface area contributed by atoms with Crippen molar-refractivity contribution in [3.8, 4) is 78.4 Å². The smallest absolute Gasteiger partial charge is 0.160 e. The summed E-state index contributed by atoms with van der Waals surface area (Å²) in [7, 11) is 0. The van der Waals surface area contributed by atoms with Crippen molar-refractivity contribution in [2.24, 2.45) is 0 Å². The van der Waals surface area contributed by atoms with Gasteiger partial charge in [0.25, 0.3) is 0 Å². The molecule has 8 aromatic rings. The molecule has 1 fully saturated rings. The highest BCUT2D eigenvalue weighted by Crippen LogP contribution is 2.56. The molecule has 0 saturated heterocycles. The van der Waals surface area contributed by atoms with E-state index < -0.39 is 0 Å². The van der Waals surface area contributed by atoms with Gasteiger partial charge in [0.2, 0.25) is 0 Å².